The van der Waals surface area contributed by atoms with Gasteiger partial charge in [0.05, 0.1) is 26.9 Å². The number of nitrogens with zero attached hydrogens (tertiary/aromatic N) is 1. The number of aryl methyl sites for hydroxylation is 1. The molecule has 3 rings (SSSR count). The van der Waals surface area contributed by atoms with Crippen LogP contribution in [0, 0.1) is 19.7 Å². The Morgan fingerprint density at radius 2 is 1.59 bits per heavy atom. The third-order valence-electron chi connectivity index (χ3n) is 5.03. The Morgan fingerprint density at radius 1 is 0.938 bits per heavy atom. The monoisotopic (exact) mass is 441 g/mol. The van der Waals surface area contributed by atoms with E-state index in [1.807, 2.05) is 6.92 Å². The van der Waals surface area contributed by atoms with Gasteiger partial charge in [-0.25, -0.2) is 9.18 Å². The number of rotatable bonds is 8. The highest BCUT2D eigenvalue weighted by atomic mass is 19.1. The molecule has 168 valence electrons. The molecule has 0 unspecified atom stereocenters. The summed E-state index contributed by atoms with van der Waals surface area (Å²) in [6, 6.07) is 10.7. The van der Waals surface area contributed by atoms with Crippen molar-refractivity contribution >= 4 is 11.8 Å². The average Bonchev–Trinajstić information content (AvgIpc) is 3.09. The predicted octanol–water partition coefficient (Wildman–Crippen LogP) is 4.30. The Hall–Kier alpha value is -3.81. The van der Waals surface area contributed by atoms with Crippen molar-refractivity contribution < 1.29 is 32.9 Å². The SMILES string of the molecule is COc1cc(C(=O)OCC(=O)c2cc(C)n(-c3cccc(F)c3)c2C)cc(OC)c1OC. The van der Waals surface area contributed by atoms with Crippen molar-refractivity contribution in [2.75, 3.05) is 27.9 Å². The second kappa shape index (κ2) is 9.55. The number of hydrogen-bond acceptors (Lipinski definition) is 6. The Kier molecular flexibility index (Phi) is 6.82. The van der Waals surface area contributed by atoms with Gasteiger partial charge < -0.3 is 23.5 Å². The number of ketones is 1. The number of methoxy groups -OCH3 is 3. The fraction of sp³-hybridized carbons (Fsp3) is 0.250. The van der Waals surface area contributed by atoms with Gasteiger partial charge in [0.25, 0.3) is 0 Å². The van der Waals surface area contributed by atoms with E-state index < -0.39 is 12.6 Å². The molecule has 8 heteroatoms. The van der Waals surface area contributed by atoms with Gasteiger partial charge in [0.15, 0.2) is 18.1 Å². The molecule has 1 aromatic heterocycles. The number of carbonyl (C=O) groups excluding carboxylic acids is 2. The average molecular weight is 441 g/mol. The maximum Gasteiger partial charge on any atom is 0.338 e. The number of Topliss-reactive ketones (excluding diaryl/α,β-unsaturated/α-hetero) is 1. The van der Waals surface area contributed by atoms with Gasteiger partial charge in [-0.1, -0.05) is 6.07 Å². The molecule has 0 fully saturated rings. The van der Waals surface area contributed by atoms with Crippen LogP contribution < -0.4 is 14.2 Å². The first-order valence-corrected chi connectivity index (χ1v) is 9.75. The van der Waals surface area contributed by atoms with Gasteiger partial charge in [-0.3, -0.25) is 4.79 Å². The predicted molar refractivity (Wildman–Crippen MR) is 116 cm³/mol. The molecule has 0 saturated carbocycles. The lowest BCUT2D eigenvalue weighted by Crippen LogP contribution is -2.15. The van der Waals surface area contributed by atoms with Crippen LogP contribution in [-0.2, 0) is 4.74 Å². The summed E-state index contributed by atoms with van der Waals surface area (Å²) in [5, 5.41) is 0. The molecule has 0 N–H and O–H groups in total. The third kappa shape index (κ3) is 4.44. The number of hydrogen-bond donors (Lipinski definition) is 0. The van der Waals surface area contributed by atoms with Crippen LogP contribution in [0.4, 0.5) is 4.39 Å². The van der Waals surface area contributed by atoms with Crippen molar-refractivity contribution in [1.29, 1.82) is 0 Å². The zero-order valence-electron chi connectivity index (χ0n) is 18.5. The molecular weight excluding hydrogens is 417 g/mol. The van der Waals surface area contributed by atoms with E-state index in [1.165, 1.54) is 45.6 Å². The molecule has 2 aromatic carbocycles. The van der Waals surface area contributed by atoms with Crippen LogP contribution in [-0.4, -0.2) is 44.3 Å². The zero-order valence-corrected chi connectivity index (χ0v) is 18.5. The maximum atomic E-state index is 13.6. The molecule has 0 aliphatic carbocycles. The lowest BCUT2D eigenvalue weighted by Gasteiger charge is -2.13. The van der Waals surface area contributed by atoms with E-state index in [1.54, 1.807) is 29.7 Å². The fourth-order valence-corrected chi connectivity index (χ4v) is 3.55. The first-order valence-electron chi connectivity index (χ1n) is 9.75. The van der Waals surface area contributed by atoms with Crippen molar-refractivity contribution in [2.24, 2.45) is 0 Å². The van der Waals surface area contributed by atoms with Crippen LogP contribution in [0.25, 0.3) is 5.69 Å². The molecule has 0 bridgehead atoms. The van der Waals surface area contributed by atoms with Crippen molar-refractivity contribution in [3.8, 4) is 22.9 Å². The van der Waals surface area contributed by atoms with Crippen LogP contribution in [0.3, 0.4) is 0 Å². The molecule has 32 heavy (non-hydrogen) atoms. The zero-order chi connectivity index (χ0) is 23.4. The van der Waals surface area contributed by atoms with E-state index in [0.29, 0.717) is 34.2 Å². The number of aromatic nitrogens is 1. The van der Waals surface area contributed by atoms with Crippen LogP contribution in [0.1, 0.15) is 32.1 Å². The Bertz CT molecular complexity index is 1140. The second-order valence-corrected chi connectivity index (χ2v) is 7.01. The number of benzene rings is 2. The van der Waals surface area contributed by atoms with E-state index >= 15 is 0 Å². The van der Waals surface area contributed by atoms with E-state index in [2.05, 4.69) is 0 Å². The molecule has 0 saturated heterocycles. The van der Waals surface area contributed by atoms with Crippen LogP contribution >= 0.6 is 0 Å². The lowest BCUT2D eigenvalue weighted by atomic mass is 10.1. The summed E-state index contributed by atoms with van der Waals surface area (Å²) < 4.78 is 36.4. The van der Waals surface area contributed by atoms with E-state index in [0.717, 1.165) is 5.69 Å². The molecule has 0 aliphatic rings. The summed E-state index contributed by atoms with van der Waals surface area (Å²) in [4.78, 5) is 25.3. The molecule has 3 aromatic rings. The summed E-state index contributed by atoms with van der Waals surface area (Å²) in [5.74, 6) is -0.528. The number of esters is 1. The third-order valence-corrected chi connectivity index (χ3v) is 5.03. The molecule has 0 atom stereocenters. The van der Waals surface area contributed by atoms with Crippen molar-refractivity contribution in [2.45, 2.75) is 13.8 Å². The summed E-state index contributed by atoms with van der Waals surface area (Å²) in [6.07, 6.45) is 0. The Morgan fingerprint density at radius 3 is 2.16 bits per heavy atom. The largest absolute Gasteiger partial charge is 0.493 e. The normalized spacial score (nSPS) is 10.6. The van der Waals surface area contributed by atoms with E-state index in [-0.39, 0.29) is 17.2 Å². The molecule has 7 nitrogen and oxygen atoms in total. The van der Waals surface area contributed by atoms with Gasteiger partial charge in [-0.2, -0.15) is 0 Å². The number of halogens is 1. The van der Waals surface area contributed by atoms with Gasteiger partial charge in [-0.05, 0) is 50.2 Å². The van der Waals surface area contributed by atoms with Gasteiger partial charge in [-0.15, -0.1) is 0 Å². The van der Waals surface area contributed by atoms with Crippen molar-refractivity contribution in [1.82, 2.24) is 4.57 Å². The smallest absolute Gasteiger partial charge is 0.338 e. The lowest BCUT2D eigenvalue weighted by molar-refractivity contribution is 0.0474. The van der Waals surface area contributed by atoms with Crippen LogP contribution in [0.5, 0.6) is 17.2 Å². The van der Waals surface area contributed by atoms with Gasteiger partial charge in [0.2, 0.25) is 11.5 Å². The fourth-order valence-electron chi connectivity index (χ4n) is 3.55. The molecule has 0 aliphatic heterocycles. The molecule has 0 radical (unpaired) electrons. The van der Waals surface area contributed by atoms with E-state index in [4.69, 9.17) is 18.9 Å². The molecule has 0 spiro atoms. The number of carbonyl (C=O) groups is 2. The first kappa shape index (κ1) is 22.9. The summed E-state index contributed by atoms with van der Waals surface area (Å²) >= 11 is 0. The topological polar surface area (TPSA) is 76.0 Å². The van der Waals surface area contributed by atoms with Gasteiger partial charge in [0, 0.05) is 22.6 Å². The molecule has 0 amide bonds. The number of ether oxygens (including phenoxy) is 4. The van der Waals surface area contributed by atoms with E-state index in [9.17, 15) is 14.0 Å². The van der Waals surface area contributed by atoms with Crippen LogP contribution in [0.15, 0.2) is 42.5 Å². The summed E-state index contributed by atoms with van der Waals surface area (Å²) in [7, 11) is 4.33. The quantitative estimate of drug-likeness (QED) is 0.383. The minimum Gasteiger partial charge on any atom is -0.493 e. The highest BCUT2D eigenvalue weighted by Crippen LogP contribution is 2.38. The van der Waals surface area contributed by atoms with Crippen molar-refractivity contribution in [3.63, 3.8) is 0 Å². The molecule has 1 heterocycles. The Balaban J connectivity index is 1.79. The van der Waals surface area contributed by atoms with Crippen molar-refractivity contribution in [3.05, 3.63) is 70.8 Å². The molecular formula is C24H24FNO6. The minimum absolute atomic E-state index is 0.150. The van der Waals surface area contributed by atoms with Crippen LogP contribution in [0.2, 0.25) is 0 Å². The van der Waals surface area contributed by atoms with Gasteiger partial charge in [0.1, 0.15) is 5.82 Å². The van der Waals surface area contributed by atoms with Gasteiger partial charge >= 0.3 is 5.97 Å². The first-order chi connectivity index (χ1) is 15.3. The summed E-state index contributed by atoms with van der Waals surface area (Å²) in [5.41, 5.74) is 2.53. The second-order valence-electron chi connectivity index (χ2n) is 7.01. The minimum atomic E-state index is -0.712. The highest BCUT2D eigenvalue weighted by Gasteiger charge is 2.21. The maximum absolute atomic E-state index is 13.6. The standard InChI is InChI=1S/C24H24FNO6/c1-14-9-19(15(2)26(14)18-8-6-7-17(25)12-18)20(27)13-32-24(28)16-10-21(29-3)23(31-5)22(11-16)30-4/h6-12H,13H2,1-5H3. The highest BCUT2D eigenvalue weighted by molar-refractivity contribution is 6.00. The Labute approximate surface area is 185 Å². The summed E-state index contributed by atoms with van der Waals surface area (Å²) in [6.45, 7) is 3.12.